The van der Waals surface area contributed by atoms with Crippen LogP contribution in [-0.2, 0) is 16.2 Å². The van der Waals surface area contributed by atoms with Gasteiger partial charge in [0.2, 0.25) is 0 Å². The molecule has 1 saturated heterocycles. The monoisotopic (exact) mass is 485 g/mol. The molecule has 0 saturated carbocycles. The fourth-order valence-corrected chi connectivity index (χ4v) is 5.92. The van der Waals surface area contributed by atoms with Crippen LogP contribution in [0, 0.1) is 11.6 Å². The maximum Gasteiger partial charge on any atom is 0.323 e. The molecule has 2 aliphatic rings. The lowest BCUT2D eigenvalue weighted by Crippen LogP contribution is -2.51. The lowest BCUT2D eigenvalue weighted by atomic mass is 10.1. The highest BCUT2D eigenvalue weighted by molar-refractivity contribution is 8.01. The second-order valence-electron chi connectivity index (χ2n) is 7.76. The molecule has 1 N–H and O–H groups in total. The summed E-state index contributed by atoms with van der Waals surface area (Å²) in [6.07, 6.45) is 0. The van der Waals surface area contributed by atoms with Gasteiger partial charge in [-0.1, -0.05) is 29.8 Å². The fraction of sp³-hybridized carbons (Fsp3) is 0.167. The number of halogens is 3. The van der Waals surface area contributed by atoms with Gasteiger partial charge in [-0.2, -0.15) is 0 Å². The van der Waals surface area contributed by atoms with Crippen LogP contribution in [0.25, 0.3) is 0 Å². The summed E-state index contributed by atoms with van der Waals surface area (Å²) in [5.74, 6) is -0.696. The van der Waals surface area contributed by atoms with Crippen LogP contribution < -0.4 is 10.2 Å². The number of carbonyl (C=O) groups is 2. The highest BCUT2D eigenvalue weighted by Crippen LogP contribution is 2.54. The Bertz CT molecular complexity index is 1260. The minimum atomic E-state index is -1.39. The van der Waals surface area contributed by atoms with Crippen LogP contribution >= 0.6 is 23.4 Å². The molecule has 3 aromatic carbocycles. The van der Waals surface area contributed by atoms with Crippen LogP contribution in [0.15, 0.2) is 66.7 Å². The predicted molar refractivity (Wildman–Crippen MR) is 125 cm³/mol. The zero-order valence-corrected chi connectivity index (χ0v) is 18.8. The number of anilines is 2. The quantitative estimate of drug-likeness (QED) is 0.525. The summed E-state index contributed by atoms with van der Waals surface area (Å²) in [5, 5.41) is 3.26. The Kier molecular flexibility index (Phi) is 5.50. The maximum absolute atomic E-state index is 14.3. The summed E-state index contributed by atoms with van der Waals surface area (Å²) in [4.78, 5) is 28.7. The smallest absolute Gasteiger partial charge is 0.308 e. The molecule has 0 unspecified atom stereocenters. The summed E-state index contributed by atoms with van der Waals surface area (Å²) < 4.78 is 27.7. The van der Waals surface area contributed by atoms with Gasteiger partial charge in [0.15, 0.2) is 4.87 Å². The lowest BCUT2D eigenvalue weighted by molar-refractivity contribution is -0.123. The molecular formula is C24H18ClF2N3O2S. The zero-order valence-electron chi connectivity index (χ0n) is 17.2. The van der Waals surface area contributed by atoms with Crippen molar-refractivity contribution in [2.24, 2.45) is 0 Å². The number of benzene rings is 3. The van der Waals surface area contributed by atoms with Gasteiger partial charge < -0.3 is 10.2 Å². The van der Waals surface area contributed by atoms with Gasteiger partial charge in [-0.3, -0.25) is 9.69 Å². The molecule has 33 heavy (non-hydrogen) atoms. The number of urea groups is 1. The average Bonchev–Trinajstić information content (AvgIpc) is 3.32. The third-order valence-corrected chi connectivity index (χ3v) is 7.38. The number of amides is 3. The molecule has 168 valence electrons. The Hall–Kier alpha value is -3.10. The standard InChI is InChI=1S/C24H18ClF2N3O2S/c25-16-2-1-3-19(12-16)28-23(32)30-10-11-33-24(30)20-13-18(27)8-9-21(20)29(22(24)31)14-15-4-6-17(26)7-5-15/h1-9,12-13H,10-11,14H2,(H,28,32)/t24-/m1/s1. The van der Waals surface area contributed by atoms with E-state index >= 15 is 0 Å². The zero-order chi connectivity index (χ0) is 23.2. The Balaban J connectivity index is 1.53. The third-order valence-electron chi connectivity index (χ3n) is 5.73. The molecular weight excluding hydrogens is 468 g/mol. The summed E-state index contributed by atoms with van der Waals surface area (Å²) in [6.45, 7) is 0.479. The van der Waals surface area contributed by atoms with Crippen LogP contribution in [-0.4, -0.2) is 29.1 Å². The first kappa shape index (κ1) is 21.7. The third kappa shape index (κ3) is 3.73. The Labute approximate surface area is 198 Å². The molecule has 1 spiro atoms. The number of hydrogen-bond donors (Lipinski definition) is 1. The summed E-state index contributed by atoms with van der Waals surface area (Å²) in [5.41, 5.74) is 2.17. The lowest BCUT2D eigenvalue weighted by Gasteiger charge is -2.33. The number of thioether (sulfide) groups is 1. The van der Waals surface area contributed by atoms with Gasteiger partial charge in [-0.15, -0.1) is 11.8 Å². The van der Waals surface area contributed by atoms with Crippen molar-refractivity contribution in [2.45, 2.75) is 11.4 Å². The van der Waals surface area contributed by atoms with Crippen LogP contribution in [0.2, 0.25) is 5.02 Å². The molecule has 0 radical (unpaired) electrons. The normalized spacial score (nSPS) is 19.3. The minimum Gasteiger partial charge on any atom is -0.308 e. The second-order valence-corrected chi connectivity index (χ2v) is 9.49. The highest BCUT2D eigenvalue weighted by Gasteiger charge is 2.59. The Morgan fingerprint density at radius 2 is 1.82 bits per heavy atom. The van der Waals surface area contributed by atoms with E-state index in [2.05, 4.69) is 5.32 Å². The molecule has 3 amide bonds. The van der Waals surface area contributed by atoms with Crippen molar-refractivity contribution in [3.8, 4) is 0 Å². The van der Waals surface area contributed by atoms with Gasteiger partial charge in [0, 0.05) is 28.6 Å². The van der Waals surface area contributed by atoms with E-state index in [9.17, 15) is 18.4 Å². The average molecular weight is 486 g/mol. The van der Waals surface area contributed by atoms with E-state index < -0.39 is 16.7 Å². The molecule has 0 aliphatic carbocycles. The Morgan fingerprint density at radius 3 is 2.58 bits per heavy atom. The van der Waals surface area contributed by atoms with E-state index in [1.807, 2.05) is 0 Å². The molecule has 1 fully saturated rings. The molecule has 5 nitrogen and oxygen atoms in total. The van der Waals surface area contributed by atoms with E-state index in [0.717, 1.165) is 5.56 Å². The topological polar surface area (TPSA) is 52.7 Å². The van der Waals surface area contributed by atoms with Crippen molar-refractivity contribution < 1.29 is 18.4 Å². The molecule has 2 aliphatic heterocycles. The van der Waals surface area contributed by atoms with Crippen molar-refractivity contribution in [1.29, 1.82) is 0 Å². The molecule has 2 heterocycles. The van der Waals surface area contributed by atoms with Crippen LogP contribution in [0.5, 0.6) is 0 Å². The SMILES string of the molecule is O=C(Nc1cccc(Cl)c1)N1CCS[C@]12C(=O)N(Cc1ccc(F)cc1)c1ccc(F)cc12. The molecule has 5 rings (SSSR count). The van der Waals surface area contributed by atoms with Gasteiger partial charge in [-0.25, -0.2) is 13.6 Å². The van der Waals surface area contributed by atoms with Crippen LogP contribution in [0.3, 0.4) is 0 Å². The number of carbonyl (C=O) groups excluding carboxylic acids is 2. The first-order chi connectivity index (χ1) is 15.9. The van der Waals surface area contributed by atoms with Crippen molar-refractivity contribution in [1.82, 2.24) is 4.90 Å². The summed E-state index contributed by atoms with van der Waals surface area (Å²) in [6, 6.07) is 16.2. The molecule has 3 aromatic rings. The number of nitrogens with zero attached hydrogens (tertiary/aromatic N) is 2. The van der Waals surface area contributed by atoms with Gasteiger partial charge >= 0.3 is 6.03 Å². The molecule has 0 bridgehead atoms. The predicted octanol–water partition coefficient (Wildman–Crippen LogP) is 5.60. The Morgan fingerprint density at radius 1 is 1.06 bits per heavy atom. The number of fused-ring (bicyclic) bond motifs is 2. The van der Waals surface area contributed by atoms with Crippen LogP contribution in [0.4, 0.5) is 25.0 Å². The fourth-order valence-electron chi connectivity index (χ4n) is 4.27. The van der Waals surface area contributed by atoms with Gasteiger partial charge in [0.25, 0.3) is 5.91 Å². The van der Waals surface area contributed by atoms with E-state index in [4.69, 9.17) is 11.6 Å². The van der Waals surface area contributed by atoms with Gasteiger partial charge in [0.05, 0.1) is 12.2 Å². The number of nitrogens with one attached hydrogen (secondary N) is 1. The van der Waals surface area contributed by atoms with E-state index in [1.54, 1.807) is 42.5 Å². The first-order valence-corrected chi connectivity index (χ1v) is 11.6. The molecule has 0 aromatic heterocycles. The maximum atomic E-state index is 14.3. The highest BCUT2D eigenvalue weighted by atomic mass is 35.5. The number of hydrogen-bond acceptors (Lipinski definition) is 3. The van der Waals surface area contributed by atoms with Crippen molar-refractivity contribution in [3.05, 3.63) is 94.5 Å². The summed E-state index contributed by atoms with van der Waals surface area (Å²) in [7, 11) is 0. The van der Waals surface area contributed by atoms with E-state index in [-0.39, 0.29) is 18.3 Å². The van der Waals surface area contributed by atoms with Gasteiger partial charge in [-0.05, 0) is 54.1 Å². The number of rotatable bonds is 3. The van der Waals surface area contributed by atoms with Crippen LogP contribution in [0.1, 0.15) is 11.1 Å². The van der Waals surface area contributed by atoms with Crippen molar-refractivity contribution in [2.75, 3.05) is 22.5 Å². The van der Waals surface area contributed by atoms with E-state index in [0.29, 0.717) is 34.3 Å². The van der Waals surface area contributed by atoms with Crippen molar-refractivity contribution >= 4 is 46.7 Å². The second kappa shape index (κ2) is 8.35. The van der Waals surface area contributed by atoms with Crippen molar-refractivity contribution in [3.63, 3.8) is 0 Å². The minimum absolute atomic E-state index is 0.170. The van der Waals surface area contributed by atoms with E-state index in [1.165, 1.54) is 45.8 Å². The van der Waals surface area contributed by atoms with Gasteiger partial charge in [0.1, 0.15) is 11.6 Å². The molecule has 1 atom stereocenters. The largest absolute Gasteiger partial charge is 0.323 e. The molecule has 9 heteroatoms. The summed E-state index contributed by atoms with van der Waals surface area (Å²) >= 11 is 7.33. The first-order valence-electron chi connectivity index (χ1n) is 10.2.